The molecule has 1 atom stereocenters. The smallest absolute Gasteiger partial charge is 0.310 e. The molecule has 0 aromatic heterocycles. The molecule has 0 saturated heterocycles. The van der Waals surface area contributed by atoms with Crippen LogP contribution in [0.2, 0.25) is 0 Å². The minimum Gasteiger partial charge on any atom is -0.496 e. The SMILES string of the molecule is COc1ccc(NC(=O)[C@@H](C)OC(=O)CCOc2ccc(C)cc2)c([N+](=O)[O-])c1. The summed E-state index contributed by atoms with van der Waals surface area (Å²) < 4.78 is 15.4. The molecule has 0 saturated carbocycles. The molecule has 9 nitrogen and oxygen atoms in total. The zero-order valence-electron chi connectivity index (χ0n) is 16.3. The van der Waals surface area contributed by atoms with Gasteiger partial charge in [-0.1, -0.05) is 17.7 Å². The van der Waals surface area contributed by atoms with E-state index in [9.17, 15) is 19.7 Å². The third kappa shape index (κ3) is 6.49. The standard InChI is InChI=1S/C20H22N2O7/c1-13-4-6-15(7-5-13)28-11-10-19(23)29-14(2)20(24)21-17-9-8-16(27-3)12-18(17)22(25)26/h4-9,12,14H,10-11H2,1-3H3,(H,21,24)/t14-/m1/s1. The number of rotatable bonds is 9. The van der Waals surface area contributed by atoms with Gasteiger partial charge in [-0.2, -0.15) is 0 Å². The van der Waals surface area contributed by atoms with Gasteiger partial charge in [-0.05, 0) is 38.1 Å². The van der Waals surface area contributed by atoms with Crippen molar-refractivity contribution in [3.05, 3.63) is 58.1 Å². The van der Waals surface area contributed by atoms with E-state index in [1.54, 1.807) is 12.1 Å². The Morgan fingerprint density at radius 1 is 1.14 bits per heavy atom. The maximum Gasteiger partial charge on any atom is 0.310 e. The van der Waals surface area contributed by atoms with E-state index in [4.69, 9.17) is 14.2 Å². The van der Waals surface area contributed by atoms with Crippen molar-refractivity contribution in [1.29, 1.82) is 0 Å². The van der Waals surface area contributed by atoms with Gasteiger partial charge >= 0.3 is 5.97 Å². The summed E-state index contributed by atoms with van der Waals surface area (Å²) in [7, 11) is 1.38. The van der Waals surface area contributed by atoms with Gasteiger partial charge in [-0.25, -0.2) is 0 Å². The fourth-order valence-corrected chi connectivity index (χ4v) is 2.33. The zero-order chi connectivity index (χ0) is 21.4. The molecule has 0 spiro atoms. The number of nitro groups is 1. The minimum atomic E-state index is -1.14. The number of amides is 1. The van der Waals surface area contributed by atoms with Crippen LogP contribution in [-0.2, 0) is 14.3 Å². The summed E-state index contributed by atoms with van der Waals surface area (Å²) in [6.07, 6.45) is -1.18. The van der Waals surface area contributed by atoms with E-state index in [0.717, 1.165) is 5.56 Å². The molecule has 0 fully saturated rings. The first-order valence-electron chi connectivity index (χ1n) is 8.82. The summed E-state index contributed by atoms with van der Waals surface area (Å²) in [4.78, 5) is 34.7. The van der Waals surface area contributed by atoms with Gasteiger partial charge in [0.05, 0.1) is 31.1 Å². The number of nitrogens with zero attached hydrogens (tertiary/aromatic N) is 1. The molecule has 0 unspecified atom stereocenters. The fraction of sp³-hybridized carbons (Fsp3) is 0.300. The van der Waals surface area contributed by atoms with Crippen molar-refractivity contribution >= 4 is 23.3 Å². The predicted octanol–water partition coefficient (Wildman–Crippen LogP) is 3.25. The number of esters is 1. The number of carbonyl (C=O) groups excluding carboxylic acids is 2. The molecule has 0 bridgehead atoms. The fourth-order valence-electron chi connectivity index (χ4n) is 2.33. The van der Waals surface area contributed by atoms with Crippen molar-refractivity contribution in [2.75, 3.05) is 19.0 Å². The minimum absolute atomic E-state index is 0.0218. The highest BCUT2D eigenvalue weighted by Gasteiger charge is 2.22. The third-order valence-corrected chi connectivity index (χ3v) is 3.93. The van der Waals surface area contributed by atoms with Crippen LogP contribution in [0.15, 0.2) is 42.5 Å². The number of nitro benzene ring substituents is 1. The van der Waals surface area contributed by atoms with Gasteiger partial charge in [-0.15, -0.1) is 0 Å². The van der Waals surface area contributed by atoms with Gasteiger partial charge in [0.2, 0.25) is 0 Å². The summed E-state index contributed by atoms with van der Waals surface area (Å²) in [5, 5.41) is 13.6. The monoisotopic (exact) mass is 402 g/mol. The number of hydrogen-bond acceptors (Lipinski definition) is 7. The lowest BCUT2D eigenvalue weighted by molar-refractivity contribution is -0.384. The summed E-state index contributed by atoms with van der Waals surface area (Å²) in [6, 6.07) is 11.4. The van der Waals surface area contributed by atoms with Crippen LogP contribution in [0.1, 0.15) is 18.9 Å². The molecule has 0 heterocycles. The molecule has 0 aliphatic rings. The van der Waals surface area contributed by atoms with Gasteiger partial charge in [-0.3, -0.25) is 19.7 Å². The van der Waals surface area contributed by atoms with E-state index in [2.05, 4.69) is 5.32 Å². The lowest BCUT2D eigenvalue weighted by Gasteiger charge is -2.14. The molecule has 0 aliphatic heterocycles. The molecule has 9 heteroatoms. The van der Waals surface area contributed by atoms with E-state index in [0.29, 0.717) is 5.75 Å². The number of aryl methyl sites for hydroxylation is 1. The number of ether oxygens (including phenoxy) is 3. The van der Waals surface area contributed by atoms with Gasteiger partial charge < -0.3 is 19.5 Å². The highest BCUT2D eigenvalue weighted by atomic mass is 16.6. The zero-order valence-corrected chi connectivity index (χ0v) is 16.3. The van der Waals surface area contributed by atoms with Crippen molar-refractivity contribution in [3.63, 3.8) is 0 Å². The van der Waals surface area contributed by atoms with Gasteiger partial charge in [0.25, 0.3) is 11.6 Å². The molecular formula is C20H22N2O7. The molecule has 1 N–H and O–H groups in total. The van der Waals surface area contributed by atoms with Crippen molar-refractivity contribution in [3.8, 4) is 11.5 Å². The molecular weight excluding hydrogens is 380 g/mol. The lowest BCUT2D eigenvalue weighted by Crippen LogP contribution is -2.30. The Morgan fingerprint density at radius 3 is 2.41 bits per heavy atom. The molecule has 2 rings (SSSR count). The quantitative estimate of drug-likeness (QED) is 0.389. The topological polar surface area (TPSA) is 117 Å². The number of nitrogens with one attached hydrogen (secondary N) is 1. The molecule has 2 aromatic carbocycles. The molecule has 2 aromatic rings. The van der Waals surface area contributed by atoms with Crippen molar-refractivity contribution in [2.45, 2.75) is 26.4 Å². The third-order valence-electron chi connectivity index (χ3n) is 3.93. The Bertz CT molecular complexity index is 881. The van der Waals surface area contributed by atoms with Crippen LogP contribution < -0.4 is 14.8 Å². The highest BCUT2D eigenvalue weighted by Crippen LogP contribution is 2.29. The Hall–Kier alpha value is -3.62. The van der Waals surface area contributed by atoms with Crippen LogP contribution in [0.4, 0.5) is 11.4 Å². The Morgan fingerprint density at radius 2 is 1.79 bits per heavy atom. The summed E-state index contributed by atoms with van der Waals surface area (Å²) in [6.45, 7) is 3.43. The second-order valence-corrected chi connectivity index (χ2v) is 6.17. The number of hydrogen-bond donors (Lipinski definition) is 1. The van der Waals surface area contributed by atoms with E-state index in [1.165, 1.54) is 32.2 Å². The average Bonchev–Trinajstić information content (AvgIpc) is 2.69. The molecule has 1 amide bonds. The summed E-state index contributed by atoms with van der Waals surface area (Å²) in [5.74, 6) is -0.404. The molecule has 0 radical (unpaired) electrons. The second kappa shape index (κ2) is 10.1. The predicted molar refractivity (Wildman–Crippen MR) is 105 cm³/mol. The number of benzene rings is 2. The number of methoxy groups -OCH3 is 1. The number of anilines is 1. The normalized spacial score (nSPS) is 11.3. The Labute approximate surface area is 167 Å². The van der Waals surface area contributed by atoms with E-state index < -0.39 is 22.9 Å². The Kier molecular flexibility index (Phi) is 7.53. The first kappa shape index (κ1) is 21.7. The van der Waals surface area contributed by atoms with Crippen LogP contribution in [0.3, 0.4) is 0 Å². The van der Waals surface area contributed by atoms with E-state index in [-0.39, 0.29) is 30.2 Å². The van der Waals surface area contributed by atoms with Crippen LogP contribution >= 0.6 is 0 Å². The molecule has 29 heavy (non-hydrogen) atoms. The Balaban J connectivity index is 1.86. The number of carbonyl (C=O) groups is 2. The summed E-state index contributed by atoms with van der Waals surface area (Å²) in [5.41, 5.74) is 0.739. The van der Waals surface area contributed by atoms with E-state index in [1.807, 2.05) is 19.1 Å². The van der Waals surface area contributed by atoms with Crippen LogP contribution in [0, 0.1) is 17.0 Å². The van der Waals surface area contributed by atoms with Crippen LogP contribution in [0.5, 0.6) is 11.5 Å². The lowest BCUT2D eigenvalue weighted by atomic mass is 10.2. The van der Waals surface area contributed by atoms with Gasteiger partial charge in [0.15, 0.2) is 6.10 Å². The van der Waals surface area contributed by atoms with Crippen LogP contribution in [0.25, 0.3) is 0 Å². The van der Waals surface area contributed by atoms with Crippen molar-refractivity contribution in [2.24, 2.45) is 0 Å². The maximum absolute atomic E-state index is 12.2. The van der Waals surface area contributed by atoms with Gasteiger partial charge in [0, 0.05) is 0 Å². The van der Waals surface area contributed by atoms with Crippen molar-refractivity contribution < 1.29 is 28.7 Å². The summed E-state index contributed by atoms with van der Waals surface area (Å²) >= 11 is 0. The molecule has 154 valence electrons. The largest absolute Gasteiger partial charge is 0.496 e. The maximum atomic E-state index is 12.2. The van der Waals surface area contributed by atoms with Crippen LogP contribution in [-0.4, -0.2) is 36.6 Å². The average molecular weight is 402 g/mol. The first-order valence-corrected chi connectivity index (χ1v) is 8.82. The first-order chi connectivity index (χ1) is 13.8. The second-order valence-electron chi connectivity index (χ2n) is 6.17. The highest BCUT2D eigenvalue weighted by molar-refractivity contribution is 5.97. The van der Waals surface area contributed by atoms with Crippen molar-refractivity contribution in [1.82, 2.24) is 0 Å². The van der Waals surface area contributed by atoms with E-state index >= 15 is 0 Å². The van der Waals surface area contributed by atoms with Gasteiger partial charge in [0.1, 0.15) is 17.2 Å². The molecule has 0 aliphatic carbocycles.